The number of amides is 1. The Morgan fingerprint density at radius 3 is 2.52 bits per heavy atom. The highest BCUT2D eigenvalue weighted by atomic mass is 32.2. The van der Waals surface area contributed by atoms with Crippen LogP contribution in [-0.4, -0.2) is 44.8 Å². The van der Waals surface area contributed by atoms with Gasteiger partial charge in [0.15, 0.2) is 0 Å². The summed E-state index contributed by atoms with van der Waals surface area (Å²) in [4.78, 5) is 19.0. The Bertz CT molecular complexity index is 1130. The number of anilines is 2. The zero-order valence-corrected chi connectivity index (χ0v) is 19.4. The van der Waals surface area contributed by atoms with Gasteiger partial charge in [-0.2, -0.15) is 0 Å². The second kappa shape index (κ2) is 10.0. The monoisotopic (exact) mass is 458 g/mol. The molecular weight excluding hydrogens is 432 g/mol. The molecule has 2 aromatic carbocycles. The summed E-state index contributed by atoms with van der Waals surface area (Å²) in [5.41, 5.74) is 1.93. The molecule has 0 unspecified atom stereocenters. The van der Waals surface area contributed by atoms with Crippen LogP contribution in [0.2, 0.25) is 0 Å². The molecule has 0 spiro atoms. The molecule has 0 radical (unpaired) electrons. The van der Waals surface area contributed by atoms with Crippen LogP contribution in [0.3, 0.4) is 0 Å². The summed E-state index contributed by atoms with van der Waals surface area (Å²) in [7, 11) is -0.395. The molecule has 164 valence electrons. The lowest BCUT2D eigenvalue weighted by molar-refractivity contribution is -0.117. The lowest BCUT2D eigenvalue weighted by Gasteiger charge is -2.20. The van der Waals surface area contributed by atoms with E-state index in [1.807, 2.05) is 23.4 Å². The molecule has 7 nitrogen and oxygen atoms in total. The van der Waals surface area contributed by atoms with Crippen LogP contribution >= 0.6 is 11.3 Å². The maximum atomic E-state index is 13.0. The molecule has 3 aromatic rings. The topological polar surface area (TPSA) is 82.6 Å². The number of carbonyl (C=O) groups is 1. The van der Waals surface area contributed by atoms with Gasteiger partial charge < -0.3 is 5.32 Å². The second-order valence-corrected chi connectivity index (χ2v) is 10.1. The van der Waals surface area contributed by atoms with Gasteiger partial charge in [0.2, 0.25) is 5.91 Å². The van der Waals surface area contributed by atoms with Crippen molar-refractivity contribution < 1.29 is 13.2 Å². The van der Waals surface area contributed by atoms with Crippen LogP contribution < -0.4 is 9.62 Å². The van der Waals surface area contributed by atoms with E-state index >= 15 is 0 Å². The quantitative estimate of drug-likeness (QED) is 0.530. The van der Waals surface area contributed by atoms with Crippen LogP contribution in [0.1, 0.15) is 17.6 Å². The average molecular weight is 459 g/mol. The number of likely N-dealkylation sites (N-methyl/N-ethyl adjacent to an activating group) is 1. The molecule has 0 aliphatic heterocycles. The molecule has 1 N–H and O–H groups in total. The van der Waals surface area contributed by atoms with Gasteiger partial charge in [-0.05, 0) is 43.8 Å². The fraction of sp³-hybridized carbons (Fsp3) is 0.273. The number of aryl methyl sites for hydroxylation is 1. The number of aromatic nitrogens is 1. The predicted molar refractivity (Wildman–Crippen MR) is 125 cm³/mol. The zero-order chi connectivity index (χ0) is 22.4. The Hall–Kier alpha value is -2.75. The molecule has 0 bridgehead atoms. The van der Waals surface area contributed by atoms with Crippen molar-refractivity contribution in [3.05, 3.63) is 70.7 Å². The van der Waals surface area contributed by atoms with Crippen molar-refractivity contribution in [3.63, 3.8) is 0 Å². The molecule has 0 saturated carbocycles. The molecule has 1 heterocycles. The van der Waals surface area contributed by atoms with E-state index in [9.17, 15) is 13.2 Å². The van der Waals surface area contributed by atoms with Gasteiger partial charge in [0.1, 0.15) is 0 Å². The minimum Gasteiger partial charge on any atom is -0.325 e. The summed E-state index contributed by atoms with van der Waals surface area (Å²) in [5, 5.41) is 5.86. The number of carbonyl (C=O) groups excluding carboxylic acids is 1. The standard InChI is InChI=1S/C22H26N4O3S2/c1-4-22-24-18(16-30-22)14-25(2)15-21(27)23-17-9-8-12-20(13-17)31(28,29)26(3)19-10-6-5-7-11-19/h5-13,16H,4,14-15H2,1-3H3,(H,23,27). The van der Waals surface area contributed by atoms with Gasteiger partial charge in [0, 0.05) is 24.7 Å². The number of sulfonamides is 1. The molecular formula is C22H26N4O3S2. The van der Waals surface area contributed by atoms with Crippen LogP contribution in [0.25, 0.3) is 0 Å². The van der Waals surface area contributed by atoms with E-state index in [-0.39, 0.29) is 17.3 Å². The summed E-state index contributed by atoms with van der Waals surface area (Å²) in [6, 6.07) is 15.1. The fourth-order valence-corrected chi connectivity index (χ4v) is 5.01. The number of nitrogens with one attached hydrogen (secondary N) is 1. The zero-order valence-electron chi connectivity index (χ0n) is 17.8. The average Bonchev–Trinajstić information content (AvgIpc) is 3.21. The van der Waals surface area contributed by atoms with E-state index in [0.717, 1.165) is 17.1 Å². The van der Waals surface area contributed by atoms with Crippen LogP contribution in [0, 0.1) is 0 Å². The molecule has 0 atom stereocenters. The number of thiazole rings is 1. The Morgan fingerprint density at radius 2 is 1.84 bits per heavy atom. The minimum absolute atomic E-state index is 0.111. The number of benzene rings is 2. The van der Waals surface area contributed by atoms with Gasteiger partial charge in [0.25, 0.3) is 10.0 Å². The number of para-hydroxylation sites is 1. The summed E-state index contributed by atoms with van der Waals surface area (Å²) >= 11 is 1.62. The van der Waals surface area contributed by atoms with Crippen LogP contribution in [0.15, 0.2) is 64.9 Å². The molecule has 1 aromatic heterocycles. The van der Waals surface area contributed by atoms with Gasteiger partial charge in [-0.15, -0.1) is 11.3 Å². The fourth-order valence-electron chi connectivity index (χ4n) is 3.03. The molecule has 31 heavy (non-hydrogen) atoms. The first-order chi connectivity index (χ1) is 14.8. The van der Waals surface area contributed by atoms with E-state index in [0.29, 0.717) is 17.9 Å². The highest BCUT2D eigenvalue weighted by Gasteiger charge is 2.21. The first kappa shape index (κ1) is 22.9. The van der Waals surface area contributed by atoms with E-state index in [2.05, 4.69) is 17.2 Å². The van der Waals surface area contributed by atoms with Gasteiger partial charge in [-0.1, -0.05) is 31.2 Å². The Labute approximate surface area is 187 Å². The third-order valence-corrected chi connectivity index (χ3v) is 7.47. The van der Waals surface area contributed by atoms with E-state index in [1.54, 1.807) is 47.7 Å². The van der Waals surface area contributed by atoms with Gasteiger partial charge >= 0.3 is 0 Å². The van der Waals surface area contributed by atoms with Crippen molar-refractivity contribution in [2.24, 2.45) is 0 Å². The highest BCUT2D eigenvalue weighted by Crippen LogP contribution is 2.23. The highest BCUT2D eigenvalue weighted by molar-refractivity contribution is 7.92. The molecule has 0 aliphatic rings. The number of rotatable bonds is 9. The summed E-state index contributed by atoms with van der Waals surface area (Å²) < 4.78 is 27.2. The lowest BCUT2D eigenvalue weighted by Crippen LogP contribution is -2.30. The Kier molecular flexibility index (Phi) is 7.42. The van der Waals surface area contributed by atoms with Crippen LogP contribution in [0.5, 0.6) is 0 Å². The second-order valence-electron chi connectivity index (χ2n) is 7.14. The summed E-state index contributed by atoms with van der Waals surface area (Å²) in [6.07, 6.45) is 0.896. The van der Waals surface area contributed by atoms with Crippen molar-refractivity contribution in [1.29, 1.82) is 0 Å². The Morgan fingerprint density at radius 1 is 1.10 bits per heavy atom. The maximum absolute atomic E-state index is 13.0. The number of nitrogens with zero attached hydrogens (tertiary/aromatic N) is 3. The minimum atomic E-state index is -3.75. The maximum Gasteiger partial charge on any atom is 0.264 e. The van der Waals surface area contributed by atoms with E-state index < -0.39 is 10.0 Å². The number of hydrogen-bond acceptors (Lipinski definition) is 6. The SMILES string of the molecule is CCc1nc(CN(C)CC(=O)Nc2cccc(S(=O)(=O)N(C)c3ccccc3)c2)cs1. The lowest BCUT2D eigenvalue weighted by atomic mass is 10.3. The molecule has 1 amide bonds. The van der Waals surface area contributed by atoms with Crippen molar-refractivity contribution >= 4 is 38.6 Å². The third-order valence-electron chi connectivity index (χ3n) is 4.64. The molecule has 0 fully saturated rings. The largest absolute Gasteiger partial charge is 0.325 e. The van der Waals surface area contributed by atoms with E-state index in [1.165, 1.54) is 23.5 Å². The van der Waals surface area contributed by atoms with Crippen molar-refractivity contribution in [2.45, 2.75) is 24.8 Å². The first-order valence-electron chi connectivity index (χ1n) is 9.85. The number of hydrogen-bond donors (Lipinski definition) is 1. The van der Waals surface area contributed by atoms with Gasteiger partial charge in [-0.3, -0.25) is 14.0 Å². The Balaban J connectivity index is 1.65. The van der Waals surface area contributed by atoms with Crippen molar-refractivity contribution in [2.75, 3.05) is 30.3 Å². The van der Waals surface area contributed by atoms with Crippen LogP contribution in [-0.2, 0) is 27.8 Å². The van der Waals surface area contributed by atoms with Crippen molar-refractivity contribution in [1.82, 2.24) is 9.88 Å². The van der Waals surface area contributed by atoms with Gasteiger partial charge in [-0.25, -0.2) is 13.4 Å². The normalized spacial score (nSPS) is 11.5. The molecule has 0 saturated heterocycles. The third kappa shape index (κ3) is 5.90. The van der Waals surface area contributed by atoms with E-state index in [4.69, 9.17) is 0 Å². The molecule has 9 heteroatoms. The smallest absolute Gasteiger partial charge is 0.264 e. The summed E-state index contributed by atoms with van der Waals surface area (Å²) in [5.74, 6) is -0.223. The first-order valence-corrected chi connectivity index (χ1v) is 12.2. The van der Waals surface area contributed by atoms with Crippen molar-refractivity contribution in [3.8, 4) is 0 Å². The predicted octanol–water partition coefficient (Wildman–Crippen LogP) is 3.60. The van der Waals surface area contributed by atoms with Gasteiger partial charge in [0.05, 0.1) is 27.8 Å². The van der Waals surface area contributed by atoms with Crippen LogP contribution in [0.4, 0.5) is 11.4 Å². The summed E-state index contributed by atoms with van der Waals surface area (Å²) in [6.45, 7) is 2.80. The molecule has 0 aliphatic carbocycles. The molecule has 3 rings (SSSR count).